The van der Waals surface area contributed by atoms with Crippen molar-refractivity contribution in [1.29, 1.82) is 0 Å². The Bertz CT molecular complexity index is 458. The van der Waals surface area contributed by atoms with Crippen molar-refractivity contribution in [3.8, 4) is 0 Å². The van der Waals surface area contributed by atoms with Gasteiger partial charge < -0.3 is 4.90 Å². The molecule has 0 saturated carbocycles. The number of hydrogen-bond acceptors (Lipinski definition) is 3. The van der Waals surface area contributed by atoms with Crippen molar-refractivity contribution in [2.75, 3.05) is 13.1 Å². The van der Waals surface area contributed by atoms with E-state index in [1.54, 1.807) is 0 Å². The molecule has 4 heteroatoms. The maximum atomic E-state index is 12.4. The van der Waals surface area contributed by atoms with E-state index in [4.69, 9.17) is 0 Å². The highest BCUT2D eigenvalue weighted by molar-refractivity contribution is 7.85. The maximum absolute atomic E-state index is 12.4. The highest BCUT2D eigenvalue weighted by Gasteiger charge is 2.30. The van der Waals surface area contributed by atoms with E-state index >= 15 is 0 Å². The van der Waals surface area contributed by atoms with Crippen molar-refractivity contribution in [1.82, 2.24) is 4.90 Å². The molecule has 0 aliphatic carbocycles. The number of fused-ring (bicyclic) bond motifs is 1. The molecule has 2 heterocycles. The Hall–Kier alpha value is -1.16. The lowest BCUT2D eigenvalue weighted by Crippen LogP contribution is -2.34. The molecule has 1 aromatic carbocycles. The number of amidine groups is 1. The van der Waals surface area contributed by atoms with Crippen LogP contribution in [0.2, 0.25) is 0 Å². The van der Waals surface area contributed by atoms with E-state index in [1.807, 2.05) is 30.3 Å². The SMILES string of the molecule is O=S(c1ccccc1)C1CN2CCCCC2=N1. The van der Waals surface area contributed by atoms with Crippen molar-refractivity contribution in [3.63, 3.8) is 0 Å². The van der Waals surface area contributed by atoms with Crippen LogP contribution in [0.1, 0.15) is 19.3 Å². The minimum absolute atomic E-state index is 0.0644. The van der Waals surface area contributed by atoms with Gasteiger partial charge in [0.05, 0.1) is 17.3 Å². The molecule has 2 unspecified atom stereocenters. The summed E-state index contributed by atoms with van der Waals surface area (Å²) in [5.74, 6) is 1.17. The Morgan fingerprint density at radius 2 is 2.06 bits per heavy atom. The second-order valence-electron chi connectivity index (χ2n) is 4.51. The fraction of sp³-hybridized carbons (Fsp3) is 0.462. The van der Waals surface area contributed by atoms with Gasteiger partial charge in [0.15, 0.2) is 0 Å². The predicted molar refractivity (Wildman–Crippen MR) is 69.5 cm³/mol. The van der Waals surface area contributed by atoms with E-state index in [0.29, 0.717) is 0 Å². The molecule has 2 atom stereocenters. The van der Waals surface area contributed by atoms with Gasteiger partial charge in [0.25, 0.3) is 0 Å². The van der Waals surface area contributed by atoms with E-state index in [9.17, 15) is 4.21 Å². The predicted octanol–water partition coefficient (Wildman–Crippen LogP) is 2.02. The van der Waals surface area contributed by atoms with Crippen molar-refractivity contribution < 1.29 is 4.21 Å². The van der Waals surface area contributed by atoms with Crippen molar-refractivity contribution in [2.45, 2.75) is 29.5 Å². The van der Waals surface area contributed by atoms with Gasteiger partial charge in [0.2, 0.25) is 0 Å². The van der Waals surface area contributed by atoms with Crippen LogP contribution in [0, 0.1) is 0 Å². The topological polar surface area (TPSA) is 32.7 Å². The molecule has 1 aromatic rings. The molecule has 0 amide bonds. The third-order valence-electron chi connectivity index (χ3n) is 3.34. The summed E-state index contributed by atoms with van der Waals surface area (Å²) in [6.07, 6.45) is 3.52. The second-order valence-corrected chi connectivity index (χ2v) is 6.12. The van der Waals surface area contributed by atoms with Gasteiger partial charge in [-0.1, -0.05) is 18.2 Å². The van der Waals surface area contributed by atoms with E-state index in [0.717, 1.165) is 24.4 Å². The minimum atomic E-state index is -1.00. The van der Waals surface area contributed by atoms with Gasteiger partial charge in [0.1, 0.15) is 11.2 Å². The van der Waals surface area contributed by atoms with Crippen LogP contribution in [0.15, 0.2) is 40.2 Å². The first kappa shape index (κ1) is 11.0. The Morgan fingerprint density at radius 1 is 1.24 bits per heavy atom. The smallest absolute Gasteiger partial charge is 0.149 e. The van der Waals surface area contributed by atoms with Gasteiger partial charge in [-0.3, -0.25) is 9.20 Å². The number of nitrogens with zero attached hydrogens (tertiary/aromatic N) is 2. The molecule has 17 heavy (non-hydrogen) atoms. The Labute approximate surface area is 104 Å². The maximum Gasteiger partial charge on any atom is 0.149 e. The summed E-state index contributed by atoms with van der Waals surface area (Å²) in [6, 6.07) is 9.66. The van der Waals surface area contributed by atoms with Crippen molar-refractivity contribution >= 4 is 16.6 Å². The number of piperidine rings is 1. The summed E-state index contributed by atoms with van der Waals surface area (Å²) in [7, 11) is -1.00. The van der Waals surface area contributed by atoms with E-state index in [-0.39, 0.29) is 5.37 Å². The van der Waals surface area contributed by atoms with Gasteiger partial charge in [-0.05, 0) is 25.0 Å². The van der Waals surface area contributed by atoms with Gasteiger partial charge in [-0.25, -0.2) is 0 Å². The highest BCUT2D eigenvalue weighted by atomic mass is 32.2. The van der Waals surface area contributed by atoms with Crippen LogP contribution >= 0.6 is 0 Å². The quantitative estimate of drug-likeness (QED) is 0.802. The van der Waals surface area contributed by atoms with E-state index in [2.05, 4.69) is 9.89 Å². The zero-order valence-corrected chi connectivity index (χ0v) is 10.5. The van der Waals surface area contributed by atoms with Gasteiger partial charge in [-0.2, -0.15) is 0 Å². The number of hydrogen-bond donors (Lipinski definition) is 0. The molecule has 3 rings (SSSR count). The van der Waals surface area contributed by atoms with Crippen LogP contribution in [0.25, 0.3) is 0 Å². The van der Waals surface area contributed by atoms with Gasteiger partial charge in [0, 0.05) is 17.9 Å². The first-order valence-corrected chi connectivity index (χ1v) is 7.33. The minimum Gasteiger partial charge on any atom is -0.357 e. The van der Waals surface area contributed by atoms with Crippen molar-refractivity contribution in [2.24, 2.45) is 4.99 Å². The Balaban J connectivity index is 1.79. The fourth-order valence-corrected chi connectivity index (χ4v) is 3.71. The Kier molecular flexibility index (Phi) is 2.97. The van der Waals surface area contributed by atoms with Crippen LogP contribution in [0.3, 0.4) is 0 Å². The third-order valence-corrected chi connectivity index (χ3v) is 4.82. The molecular formula is C13H16N2OS. The molecular weight excluding hydrogens is 232 g/mol. The summed E-state index contributed by atoms with van der Waals surface area (Å²) >= 11 is 0. The lowest BCUT2D eigenvalue weighted by molar-refractivity contribution is 0.398. The molecule has 0 radical (unpaired) electrons. The molecule has 0 aromatic heterocycles. The van der Waals surface area contributed by atoms with Crippen LogP contribution in [-0.4, -0.2) is 33.4 Å². The van der Waals surface area contributed by atoms with Gasteiger partial charge >= 0.3 is 0 Å². The van der Waals surface area contributed by atoms with E-state index < -0.39 is 10.8 Å². The standard InChI is InChI=1S/C13H16N2OS/c16-17(11-6-2-1-3-7-11)13-10-15-9-5-4-8-12(15)14-13/h1-3,6-7,13H,4-5,8-10H2. The summed E-state index contributed by atoms with van der Waals surface area (Å²) in [5.41, 5.74) is 0. The normalized spacial score (nSPS) is 25.3. The second kappa shape index (κ2) is 4.61. The first-order chi connectivity index (χ1) is 8.34. The van der Waals surface area contributed by atoms with Crippen LogP contribution in [-0.2, 0) is 10.8 Å². The summed E-state index contributed by atoms with van der Waals surface area (Å²) in [4.78, 5) is 7.82. The summed E-state index contributed by atoms with van der Waals surface area (Å²) < 4.78 is 12.4. The number of aliphatic imine (C=N–C) groups is 1. The lowest BCUT2D eigenvalue weighted by Gasteiger charge is -2.24. The fourth-order valence-electron chi connectivity index (χ4n) is 2.44. The first-order valence-electron chi connectivity index (χ1n) is 6.12. The largest absolute Gasteiger partial charge is 0.357 e. The third kappa shape index (κ3) is 2.14. The molecule has 1 fully saturated rings. The zero-order valence-electron chi connectivity index (χ0n) is 9.71. The molecule has 0 bridgehead atoms. The van der Waals surface area contributed by atoms with Crippen LogP contribution in [0.5, 0.6) is 0 Å². The summed E-state index contributed by atoms with van der Waals surface area (Å²) in [5, 5.41) is -0.0644. The molecule has 1 saturated heterocycles. The van der Waals surface area contributed by atoms with Crippen LogP contribution in [0.4, 0.5) is 0 Å². The van der Waals surface area contributed by atoms with Gasteiger partial charge in [-0.15, -0.1) is 0 Å². The average Bonchev–Trinajstić information content (AvgIpc) is 2.82. The molecule has 2 aliphatic rings. The van der Waals surface area contributed by atoms with E-state index in [1.165, 1.54) is 18.7 Å². The molecule has 90 valence electrons. The van der Waals surface area contributed by atoms with Crippen LogP contribution < -0.4 is 0 Å². The molecule has 0 spiro atoms. The molecule has 3 nitrogen and oxygen atoms in total. The highest BCUT2D eigenvalue weighted by Crippen LogP contribution is 2.23. The number of benzene rings is 1. The monoisotopic (exact) mass is 248 g/mol. The number of rotatable bonds is 2. The lowest BCUT2D eigenvalue weighted by atomic mass is 10.1. The summed E-state index contributed by atoms with van der Waals surface area (Å²) in [6.45, 7) is 1.91. The Morgan fingerprint density at radius 3 is 2.82 bits per heavy atom. The molecule has 2 aliphatic heterocycles. The molecule has 0 N–H and O–H groups in total. The van der Waals surface area contributed by atoms with Crippen molar-refractivity contribution in [3.05, 3.63) is 30.3 Å². The average molecular weight is 248 g/mol. The zero-order chi connectivity index (χ0) is 11.7.